The van der Waals surface area contributed by atoms with Crippen LogP contribution < -0.4 is 10.2 Å². The molecule has 5 rings (SSSR count). The lowest BCUT2D eigenvalue weighted by molar-refractivity contribution is 0.326. The van der Waals surface area contributed by atoms with Gasteiger partial charge in [-0.1, -0.05) is 18.2 Å². The second kappa shape index (κ2) is 10.7. The van der Waals surface area contributed by atoms with Gasteiger partial charge in [0.1, 0.15) is 0 Å². The average molecular weight is 425 g/mol. The van der Waals surface area contributed by atoms with Gasteiger partial charge in [0.25, 0.3) is 0 Å². The van der Waals surface area contributed by atoms with E-state index in [-0.39, 0.29) is 0 Å². The fourth-order valence-corrected chi connectivity index (χ4v) is 5.70. The van der Waals surface area contributed by atoms with Crippen molar-refractivity contribution in [2.24, 2.45) is 0 Å². The molecule has 2 aliphatic heterocycles. The quantitative estimate of drug-likeness (QED) is 0.811. The zero-order valence-corrected chi connectivity index (χ0v) is 19.4. The van der Waals surface area contributed by atoms with Crippen LogP contribution in [0.3, 0.4) is 0 Å². The molecule has 1 unspecified atom stereocenters. The van der Waals surface area contributed by atoms with Crippen LogP contribution in [0.4, 0.5) is 5.69 Å². The number of aromatic nitrogens is 1. The van der Waals surface area contributed by atoms with E-state index in [2.05, 4.69) is 70.2 Å². The van der Waals surface area contributed by atoms with E-state index in [9.17, 15) is 0 Å². The van der Waals surface area contributed by atoms with Crippen LogP contribution in [0.2, 0.25) is 0 Å². The predicted molar refractivity (Wildman–Crippen MR) is 130 cm³/mol. The molecule has 4 nitrogen and oxygen atoms in total. The summed E-state index contributed by atoms with van der Waals surface area (Å²) in [5.41, 5.74) is 7.37. The number of fused-ring (bicyclic) bond motifs is 2. The molecule has 1 aromatic carbocycles. The maximum absolute atomic E-state index is 4.32. The predicted octanol–water partition coefficient (Wildman–Crippen LogP) is 3.78. The third-order valence-electron chi connectivity index (χ3n) is 6.31. The third-order valence-corrected chi connectivity index (χ3v) is 7.25. The maximum Gasteiger partial charge on any atom is 0.0435 e. The lowest BCUT2D eigenvalue weighted by Gasteiger charge is -2.35. The van der Waals surface area contributed by atoms with E-state index in [0.29, 0.717) is 6.04 Å². The average Bonchev–Trinajstić information content (AvgIpc) is 2.79. The summed E-state index contributed by atoms with van der Waals surface area (Å²) in [6.07, 6.45) is 8.15. The molecule has 162 valence electrons. The molecule has 0 spiro atoms. The molecular weight excluding hydrogens is 388 g/mol. The summed E-state index contributed by atoms with van der Waals surface area (Å²) >= 11 is 2.08. The molecule has 30 heavy (non-hydrogen) atoms. The summed E-state index contributed by atoms with van der Waals surface area (Å²) in [7, 11) is 4.32. The van der Waals surface area contributed by atoms with E-state index >= 15 is 0 Å². The lowest BCUT2D eigenvalue weighted by Crippen LogP contribution is -2.43. The van der Waals surface area contributed by atoms with Gasteiger partial charge in [-0.05, 0) is 75.0 Å². The fraction of sp³-hybridized carbons (Fsp3) is 0.560. The minimum absolute atomic E-state index is 0.581. The number of benzene rings is 1. The minimum Gasteiger partial charge on any atom is -0.370 e. The highest BCUT2D eigenvalue weighted by Gasteiger charge is 2.23. The van der Waals surface area contributed by atoms with Crippen molar-refractivity contribution in [2.75, 3.05) is 50.1 Å². The Morgan fingerprint density at radius 2 is 1.87 bits per heavy atom. The van der Waals surface area contributed by atoms with Gasteiger partial charge in [-0.3, -0.25) is 4.98 Å². The molecule has 1 atom stereocenters. The molecular formula is C25H36N4S. The highest BCUT2D eigenvalue weighted by atomic mass is 32.2. The number of thioether (sulfide) groups is 1. The van der Waals surface area contributed by atoms with Gasteiger partial charge >= 0.3 is 0 Å². The molecule has 0 amide bonds. The van der Waals surface area contributed by atoms with E-state index in [4.69, 9.17) is 0 Å². The number of rotatable bonds is 3. The van der Waals surface area contributed by atoms with Crippen LogP contribution in [0.15, 0.2) is 36.5 Å². The van der Waals surface area contributed by atoms with Gasteiger partial charge in [0.2, 0.25) is 0 Å². The van der Waals surface area contributed by atoms with Crippen molar-refractivity contribution in [2.45, 2.75) is 44.7 Å². The van der Waals surface area contributed by atoms with Crippen LogP contribution in [0, 0.1) is 0 Å². The second-order valence-corrected chi connectivity index (χ2v) is 10.1. The van der Waals surface area contributed by atoms with Crippen LogP contribution >= 0.6 is 11.8 Å². The van der Waals surface area contributed by atoms with Gasteiger partial charge in [-0.2, -0.15) is 11.8 Å². The molecule has 2 aromatic rings. The molecule has 3 aliphatic rings. The monoisotopic (exact) mass is 424 g/mol. The lowest BCUT2D eigenvalue weighted by atomic mass is 9.93. The summed E-state index contributed by atoms with van der Waals surface area (Å²) < 4.78 is 0. The van der Waals surface area contributed by atoms with Crippen molar-refractivity contribution in [3.8, 4) is 0 Å². The zero-order valence-electron chi connectivity index (χ0n) is 18.6. The fourth-order valence-electron chi connectivity index (χ4n) is 4.80. The molecule has 0 saturated carbocycles. The molecule has 1 fully saturated rings. The topological polar surface area (TPSA) is 31.4 Å². The van der Waals surface area contributed by atoms with E-state index in [1.165, 1.54) is 72.8 Å². The number of likely N-dealkylation sites (N-methyl/N-ethyl adjacent to an activating group) is 1. The Bertz CT molecular complexity index is 792. The van der Waals surface area contributed by atoms with E-state index in [1.54, 1.807) is 5.56 Å². The summed E-state index contributed by atoms with van der Waals surface area (Å²) in [4.78, 5) is 9.19. The summed E-state index contributed by atoms with van der Waals surface area (Å²) in [6, 6.07) is 11.6. The normalized spacial score (nSPS) is 20.8. The molecule has 1 aliphatic carbocycles. The van der Waals surface area contributed by atoms with Crippen molar-refractivity contribution >= 4 is 17.4 Å². The Morgan fingerprint density at radius 3 is 2.67 bits per heavy atom. The number of aryl methyl sites for hydroxylation is 2. The van der Waals surface area contributed by atoms with E-state index in [1.807, 2.05) is 12.3 Å². The molecule has 0 bridgehead atoms. The van der Waals surface area contributed by atoms with Crippen LogP contribution in [-0.2, 0) is 25.8 Å². The Hall–Kier alpha value is -1.56. The number of hydrogen-bond acceptors (Lipinski definition) is 5. The van der Waals surface area contributed by atoms with Gasteiger partial charge < -0.3 is 15.1 Å². The van der Waals surface area contributed by atoms with Crippen LogP contribution in [0.25, 0.3) is 0 Å². The number of nitrogens with one attached hydrogen (secondary N) is 1. The number of hydrogen-bond donors (Lipinski definition) is 1. The van der Waals surface area contributed by atoms with Gasteiger partial charge in [-0.15, -0.1) is 0 Å². The Morgan fingerprint density at radius 1 is 1.07 bits per heavy atom. The van der Waals surface area contributed by atoms with Gasteiger partial charge in [0.15, 0.2) is 0 Å². The van der Waals surface area contributed by atoms with Crippen molar-refractivity contribution in [1.29, 1.82) is 0 Å². The SMILES string of the molecule is CN(C)CC1Cc2c(cccc2N2CCSCC2)CN1.c1cnc2c(c1)CCCC2. The molecule has 0 radical (unpaired) electrons. The van der Waals surface area contributed by atoms with Crippen molar-refractivity contribution in [3.63, 3.8) is 0 Å². The van der Waals surface area contributed by atoms with Gasteiger partial charge in [-0.25, -0.2) is 0 Å². The highest BCUT2D eigenvalue weighted by Crippen LogP contribution is 2.30. The largest absolute Gasteiger partial charge is 0.370 e. The van der Waals surface area contributed by atoms with Gasteiger partial charge in [0, 0.05) is 61.3 Å². The Balaban J connectivity index is 0.000000181. The third kappa shape index (κ3) is 5.57. The standard InChI is InChI=1S/C16H25N3S.C9H11N/c1-18(2)12-14-10-15-13(11-17-14)4-3-5-16(15)19-6-8-20-9-7-19;1-2-6-9-8(4-1)5-3-7-10-9/h3-5,14,17H,6-12H2,1-2H3;3,5,7H,1-2,4,6H2. The van der Waals surface area contributed by atoms with Gasteiger partial charge in [0.05, 0.1) is 0 Å². The maximum atomic E-state index is 4.32. The van der Waals surface area contributed by atoms with E-state index in [0.717, 1.165) is 19.5 Å². The summed E-state index contributed by atoms with van der Waals surface area (Å²) in [6.45, 7) is 4.54. The first-order valence-electron chi connectivity index (χ1n) is 11.4. The van der Waals surface area contributed by atoms with Crippen molar-refractivity contribution < 1.29 is 0 Å². The summed E-state index contributed by atoms with van der Waals surface area (Å²) in [5.74, 6) is 2.53. The Labute approximate surface area is 186 Å². The zero-order chi connectivity index (χ0) is 20.8. The number of nitrogens with zero attached hydrogens (tertiary/aromatic N) is 3. The summed E-state index contributed by atoms with van der Waals surface area (Å²) in [5, 5.41) is 3.67. The molecule has 3 heterocycles. The first kappa shape index (κ1) is 21.7. The van der Waals surface area contributed by atoms with Crippen molar-refractivity contribution in [3.05, 3.63) is 58.9 Å². The van der Waals surface area contributed by atoms with Crippen LogP contribution in [0.5, 0.6) is 0 Å². The Kier molecular flexibility index (Phi) is 7.69. The molecule has 5 heteroatoms. The van der Waals surface area contributed by atoms with Crippen LogP contribution in [-0.4, -0.2) is 61.2 Å². The number of anilines is 1. The smallest absolute Gasteiger partial charge is 0.0435 e. The molecule has 1 aromatic heterocycles. The second-order valence-electron chi connectivity index (χ2n) is 8.87. The highest BCUT2D eigenvalue weighted by molar-refractivity contribution is 7.99. The van der Waals surface area contributed by atoms with Crippen molar-refractivity contribution in [1.82, 2.24) is 15.2 Å². The first-order chi connectivity index (χ1) is 14.7. The number of pyridine rings is 1. The minimum atomic E-state index is 0.581. The van der Waals surface area contributed by atoms with Crippen LogP contribution in [0.1, 0.15) is 35.2 Å². The first-order valence-corrected chi connectivity index (χ1v) is 12.6. The van der Waals surface area contributed by atoms with E-state index < -0.39 is 0 Å². The molecule has 1 saturated heterocycles. The molecule has 1 N–H and O–H groups in total.